The van der Waals surface area contributed by atoms with Crippen LogP contribution in [0.1, 0.15) is 5.56 Å². The van der Waals surface area contributed by atoms with Gasteiger partial charge in [0, 0.05) is 13.1 Å². The van der Waals surface area contributed by atoms with Gasteiger partial charge < -0.3 is 15.5 Å². The third-order valence-electron chi connectivity index (χ3n) is 2.65. The van der Waals surface area contributed by atoms with E-state index in [-0.39, 0.29) is 37.5 Å². The molecule has 3 N–H and O–H groups in total. The van der Waals surface area contributed by atoms with Gasteiger partial charge in [0.05, 0.1) is 21.7 Å². The molecular formula is C15H14Cl5NO2. The van der Waals surface area contributed by atoms with Crippen molar-refractivity contribution in [3.05, 3.63) is 61.0 Å². The molecule has 3 nitrogen and oxygen atoms in total. The van der Waals surface area contributed by atoms with Gasteiger partial charge in [0.1, 0.15) is 10.0 Å². The SMILES string of the molecule is OCCNCc1ccccc1.Oc1c(Cl)c(Cl)c(Cl)c(Cl)c1Cl. The Labute approximate surface area is 159 Å². The van der Waals surface area contributed by atoms with Crippen LogP contribution in [0.2, 0.25) is 25.1 Å². The molecule has 0 unspecified atom stereocenters. The lowest BCUT2D eigenvalue weighted by molar-refractivity contribution is 0.292. The first-order valence-corrected chi connectivity index (χ1v) is 8.35. The normalized spacial score (nSPS) is 10.2. The number of aliphatic hydroxyl groups excluding tert-OH is 1. The molecule has 0 aliphatic rings. The highest BCUT2D eigenvalue weighted by molar-refractivity contribution is 6.55. The molecule has 0 saturated heterocycles. The molecule has 126 valence electrons. The van der Waals surface area contributed by atoms with E-state index in [4.69, 9.17) is 63.1 Å². The van der Waals surface area contributed by atoms with Crippen molar-refractivity contribution < 1.29 is 10.2 Å². The van der Waals surface area contributed by atoms with Crippen molar-refractivity contribution in [2.75, 3.05) is 13.2 Å². The van der Waals surface area contributed by atoms with E-state index < -0.39 is 0 Å². The van der Waals surface area contributed by atoms with E-state index in [0.717, 1.165) is 6.54 Å². The summed E-state index contributed by atoms with van der Waals surface area (Å²) >= 11 is 27.9. The lowest BCUT2D eigenvalue weighted by atomic mass is 10.2. The molecule has 0 atom stereocenters. The lowest BCUT2D eigenvalue weighted by Crippen LogP contribution is -2.17. The van der Waals surface area contributed by atoms with Crippen LogP contribution in [-0.2, 0) is 6.54 Å². The standard InChI is InChI=1S/C9H13NO.C6HCl5O/c11-7-6-10-8-9-4-2-1-3-5-9;7-1-2(8)4(10)6(12)5(11)3(1)9/h1-5,10-11H,6-8H2;12H. The Morgan fingerprint density at radius 3 is 1.74 bits per heavy atom. The van der Waals surface area contributed by atoms with Crippen molar-refractivity contribution in [1.29, 1.82) is 0 Å². The highest BCUT2D eigenvalue weighted by Gasteiger charge is 2.18. The number of hydrogen-bond donors (Lipinski definition) is 3. The topological polar surface area (TPSA) is 52.5 Å². The maximum atomic E-state index is 9.20. The summed E-state index contributed by atoms with van der Waals surface area (Å²) < 4.78 is 0. The average molecular weight is 418 g/mol. The van der Waals surface area contributed by atoms with Crippen molar-refractivity contribution in [2.45, 2.75) is 6.54 Å². The van der Waals surface area contributed by atoms with Crippen LogP contribution in [0, 0.1) is 0 Å². The molecule has 0 saturated carbocycles. The Balaban J connectivity index is 0.000000231. The fraction of sp³-hybridized carbons (Fsp3) is 0.200. The Kier molecular flexibility index (Phi) is 9.40. The first kappa shape index (κ1) is 20.7. The van der Waals surface area contributed by atoms with Crippen LogP contribution in [0.3, 0.4) is 0 Å². The molecule has 0 aliphatic heterocycles. The minimum absolute atomic E-state index is 0.00904. The second-order valence-electron chi connectivity index (χ2n) is 4.30. The van der Waals surface area contributed by atoms with Gasteiger partial charge in [-0.3, -0.25) is 0 Å². The number of phenols is 1. The first-order chi connectivity index (χ1) is 10.9. The van der Waals surface area contributed by atoms with E-state index in [2.05, 4.69) is 17.4 Å². The second kappa shape index (κ2) is 10.5. The van der Waals surface area contributed by atoms with Gasteiger partial charge in [0.15, 0.2) is 5.75 Å². The van der Waals surface area contributed by atoms with Crippen LogP contribution >= 0.6 is 58.0 Å². The number of aromatic hydroxyl groups is 1. The van der Waals surface area contributed by atoms with Crippen LogP contribution in [0.5, 0.6) is 5.75 Å². The molecule has 0 heterocycles. The van der Waals surface area contributed by atoms with Gasteiger partial charge >= 0.3 is 0 Å². The van der Waals surface area contributed by atoms with E-state index in [9.17, 15) is 5.11 Å². The van der Waals surface area contributed by atoms with Gasteiger partial charge in [0.25, 0.3) is 0 Å². The van der Waals surface area contributed by atoms with Crippen LogP contribution in [-0.4, -0.2) is 23.4 Å². The molecule has 0 aromatic heterocycles. The molecule has 0 fully saturated rings. The molecule has 0 bridgehead atoms. The third-order valence-corrected chi connectivity index (χ3v) is 4.90. The molecule has 2 rings (SSSR count). The van der Waals surface area contributed by atoms with Gasteiger partial charge in [-0.05, 0) is 5.56 Å². The lowest BCUT2D eigenvalue weighted by Gasteiger charge is -2.06. The van der Waals surface area contributed by atoms with E-state index in [1.165, 1.54) is 5.56 Å². The van der Waals surface area contributed by atoms with Gasteiger partial charge in [-0.25, -0.2) is 0 Å². The highest BCUT2D eigenvalue weighted by atomic mass is 35.5. The van der Waals surface area contributed by atoms with Crippen LogP contribution < -0.4 is 5.32 Å². The van der Waals surface area contributed by atoms with Gasteiger partial charge in [-0.1, -0.05) is 88.3 Å². The summed E-state index contributed by atoms with van der Waals surface area (Å²) in [5, 5.41) is 20.6. The quantitative estimate of drug-likeness (QED) is 0.353. The van der Waals surface area contributed by atoms with Crippen molar-refractivity contribution in [1.82, 2.24) is 5.32 Å². The van der Waals surface area contributed by atoms with E-state index >= 15 is 0 Å². The van der Waals surface area contributed by atoms with Crippen LogP contribution in [0.15, 0.2) is 30.3 Å². The fourth-order valence-electron chi connectivity index (χ4n) is 1.50. The summed E-state index contributed by atoms with van der Waals surface area (Å²) in [4.78, 5) is 0. The summed E-state index contributed by atoms with van der Waals surface area (Å²) in [6.45, 7) is 1.70. The van der Waals surface area contributed by atoms with E-state index in [0.29, 0.717) is 6.54 Å². The molecule has 8 heteroatoms. The number of hydrogen-bond acceptors (Lipinski definition) is 3. The molecular weight excluding hydrogens is 403 g/mol. The zero-order chi connectivity index (χ0) is 17.4. The molecule has 2 aromatic carbocycles. The summed E-state index contributed by atoms with van der Waals surface area (Å²) in [6, 6.07) is 10.1. The largest absolute Gasteiger partial charge is 0.505 e. The van der Waals surface area contributed by atoms with Gasteiger partial charge in [0.2, 0.25) is 0 Å². The van der Waals surface area contributed by atoms with Crippen molar-refractivity contribution in [3.8, 4) is 5.75 Å². The molecule has 0 aliphatic carbocycles. The summed E-state index contributed by atoms with van der Waals surface area (Å²) in [5.41, 5.74) is 1.25. The number of aliphatic hydroxyl groups is 1. The molecule has 0 radical (unpaired) electrons. The molecule has 2 aromatic rings. The summed E-state index contributed by atoms with van der Waals surface area (Å²) in [6.07, 6.45) is 0. The van der Waals surface area contributed by atoms with Crippen molar-refractivity contribution in [3.63, 3.8) is 0 Å². The number of nitrogens with one attached hydrogen (secondary N) is 1. The summed E-state index contributed by atoms with van der Waals surface area (Å²) in [7, 11) is 0. The van der Waals surface area contributed by atoms with Gasteiger partial charge in [-0.2, -0.15) is 0 Å². The smallest absolute Gasteiger partial charge is 0.155 e. The Bertz CT molecular complexity index is 533. The Hall–Kier alpha value is -0.390. The van der Waals surface area contributed by atoms with E-state index in [1.54, 1.807) is 0 Å². The Morgan fingerprint density at radius 2 is 1.26 bits per heavy atom. The highest BCUT2D eigenvalue weighted by Crippen LogP contribution is 2.47. The first-order valence-electron chi connectivity index (χ1n) is 6.46. The number of benzene rings is 2. The zero-order valence-electron chi connectivity index (χ0n) is 11.8. The number of halogens is 5. The van der Waals surface area contributed by atoms with Gasteiger partial charge in [-0.15, -0.1) is 0 Å². The fourth-order valence-corrected chi connectivity index (χ4v) is 2.63. The van der Waals surface area contributed by atoms with E-state index in [1.807, 2.05) is 18.2 Å². The maximum absolute atomic E-state index is 9.20. The summed E-state index contributed by atoms with van der Waals surface area (Å²) in [5.74, 6) is -0.363. The average Bonchev–Trinajstić information content (AvgIpc) is 2.58. The zero-order valence-corrected chi connectivity index (χ0v) is 15.6. The van der Waals surface area contributed by atoms with Crippen molar-refractivity contribution >= 4 is 58.0 Å². The third kappa shape index (κ3) is 6.20. The molecule has 0 amide bonds. The predicted octanol–water partition coefficient (Wildman–Crippen LogP) is 5.43. The second-order valence-corrected chi connectivity index (χ2v) is 6.19. The number of rotatable bonds is 4. The molecule has 23 heavy (non-hydrogen) atoms. The van der Waals surface area contributed by atoms with Crippen molar-refractivity contribution in [2.24, 2.45) is 0 Å². The monoisotopic (exact) mass is 415 g/mol. The molecule has 0 spiro atoms. The minimum Gasteiger partial charge on any atom is -0.505 e. The van der Waals surface area contributed by atoms with Crippen LogP contribution in [0.25, 0.3) is 0 Å². The van der Waals surface area contributed by atoms with Crippen LogP contribution in [0.4, 0.5) is 0 Å². The minimum atomic E-state index is -0.363. The maximum Gasteiger partial charge on any atom is 0.155 e. The predicted molar refractivity (Wildman–Crippen MR) is 98.4 cm³/mol. The Morgan fingerprint density at radius 1 is 0.783 bits per heavy atom. The number of phenolic OH excluding ortho intramolecular Hbond substituents is 1.